The number of aromatic amines is 2. The summed E-state index contributed by atoms with van der Waals surface area (Å²) in [6.07, 6.45) is 5.79. The standard InChI is InChI=1S/C55H73N11O10.CH3/c1-37(2)50(61-48(68)18-24-73-27-29-75-30-28-74-25-20-65-49(69)31-38(3)54(65)71)47(67)34-42(10-8-19-57-55(56)72)53(70)60-43-15-12-39(13-16-43)35-66(21-5-4-6-22-66)23-26-76-44-11-7-9-40(32-44)51-45-33-41(52-58-36-59-64-52)14-17-46(45)62-63-51;/h7,9,11-17,32-33,36-38,42,50H,4-6,8,10,18-31,34-35H2,1-3H3,(H6-,56,57,58,59,60,61,62,63,64,68,70,72);1H3/q;-1/p+1/t38?,42-,50+;/m1./s1. The van der Waals surface area contributed by atoms with Gasteiger partial charge in [-0.25, -0.2) is 9.78 Å². The first-order chi connectivity index (χ1) is 36.8. The van der Waals surface area contributed by atoms with Crippen molar-refractivity contribution in [3.8, 4) is 28.4 Å². The number of likely N-dealkylation sites (tertiary alicyclic amines) is 2. The van der Waals surface area contributed by atoms with Crippen LogP contribution in [0, 0.1) is 25.2 Å². The molecule has 0 spiro atoms. The number of urea groups is 1. The number of rotatable bonds is 31. The number of amides is 6. The van der Waals surface area contributed by atoms with Crippen molar-refractivity contribution >= 4 is 52.0 Å². The number of hydrogen-bond donors (Lipinski definition) is 6. The predicted octanol–water partition coefficient (Wildman–Crippen LogP) is 5.98. The molecule has 416 valence electrons. The van der Waals surface area contributed by atoms with Crippen molar-refractivity contribution in [2.24, 2.45) is 23.5 Å². The highest BCUT2D eigenvalue weighted by Crippen LogP contribution is 2.32. The summed E-state index contributed by atoms with van der Waals surface area (Å²) < 4.78 is 23.9. The van der Waals surface area contributed by atoms with Crippen molar-refractivity contribution in [1.82, 2.24) is 40.9 Å². The van der Waals surface area contributed by atoms with E-state index in [1.807, 2.05) is 74.5 Å². The number of quaternary nitrogens is 1. The zero-order chi connectivity index (χ0) is 53.9. The van der Waals surface area contributed by atoms with Crippen molar-refractivity contribution < 1.29 is 52.2 Å². The molecule has 77 heavy (non-hydrogen) atoms. The Kier molecular flexibility index (Phi) is 22.6. The lowest BCUT2D eigenvalue weighted by atomic mass is 9.89. The molecule has 3 aromatic carbocycles. The van der Waals surface area contributed by atoms with E-state index in [4.69, 9.17) is 24.7 Å². The Balaban J connectivity index is 0.00000961. The lowest BCUT2D eigenvalue weighted by Crippen LogP contribution is -2.52. The van der Waals surface area contributed by atoms with Crippen LogP contribution in [0.5, 0.6) is 5.75 Å². The minimum atomic E-state index is -0.830. The van der Waals surface area contributed by atoms with Gasteiger partial charge in [0.25, 0.3) is 0 Å². The van der Waals surface area contributed by atoms with Gasteiger partial charge in [-0.2, -0.15) is 10.2 Å². The van der Waals surface area contributed by atoms with Crippen LogP contribution < -0.4 is 26.4 Å². The Bertz CT molecular complexity index is 2710. The van der Waals surface area contributed by atoms with Gasteiger partial charge in [-0.3, -0.25) is 39.1 Å². The fourth-order valence-electron chi connectivity index (χ4n) is 9.85. The Hall–Kier alpha value is -7.07. The molecule has 0 radical (unpaired) electrons. The summed E-state index contributed by atoms with van der Waals surface area (Å²) in [6.45, 7) is 11.6. The van der Waals surface area contributed by atoms with Crippen LogP contribution in [0.1, 0.15) is 77.7 Å². The highest BCUT2D eigenvalue weighted by molar-refractivity contribution is 6.03. The van der Waals surface area contributed by atoms with Gasteiger partial charge in [0, 0.05) is 65.4 Å². The zero-order valence-electron chi connectivity index (χ0n) is 45.0. The maximum atomic E-state index is 13.9. The topological polar surface area (TPSA) is 275 Å². The molecular formula is C56H77N11O10. The van der Waals surface area contributed by atoms with Crippen LogP contribution in [0.2, 0.25) is 0 Å². The first-order valence-corrected chi connectivity index (χ1v) is 26.5. The summed E-state index contributed by atoms with van der Waals surface area (Å²) in [5, 5.41) is 24.1. The van der Waals surface area contributed by atoms with Gasteiger partial charge in [0.15, 0.2) is 11.6 Å². The third-order valence-corrected chi connectivity index (χ3v) is 14.0. The fraction of sp³-hybridized carbons (Fsp3) is 0.500. The van der Waals surface area contributed by atoms with Gasteiger partial charge in [-0.1, -0.05) is 45.0 Å². The molecular weight excluding hydrogens is 987 g/mol. The second-order valence-electron chi connectivity index (χ2n) is 20.1. The van der Waals surface area contributed by atoms with Crippen LogP contribution in [-0.4, -0.2) is 155 Å². The highest BCUT2D eigenvalue weighted by Gasteiger charge is 2.35. The van der Waals surface area contributed by atoms with Crippen LogP contribution >= 0.6 is 0 Å². The molecule has 0 aliphatic carbocycles. The quantitative estimate of drug-likeness (QED) is 0.0129. The summed E-state index contributed by atoms with van der Waals surface area (Å²) in [7, 11) is 0. The SMILES string of the molecule is CC1CC(=O)N(CCOCCOCCOCCC(=O)N[C@H](C(=O)C[C@@H](CCCNC(N)=O)C(=O)Nc2ccc(C[N+]3(CCOc4cccc(-c5n[nH]c6ccc(-c7ncn[nH]7)cc56)c4)CCCCC3)cc2)C(C)C)C1=O.[CH3-]. The van der Waals surface area contributed by atoms with Gasteiger partial charge in [-0.15, -0.1) is 0 Å². The average Bonchev–Trinajstić information content (AvgIpc) is 4.16. The van der Waals surface area contributed by atoms with E-state index in [0.29, 0.717) is 37.6 Å². The van der Waals surface area contributed by atoms with Gasteiger partial charge < -0.3 is 52.5 Å². The van der Waals surface area contributed by atoms with Crippen LogP contribution in [0.4, 0.5) is 10.5 Å². The molecule has 3 atom stereocenters. The number of piperidine rings is 1. The molecule has 7 rings (SSSR count). The molecule has 2 aromatic heterocycles. The number of carbonyl (C=O) groups excluding carboxylic acids is 6. The number of aromatic nitrogens is 5. The molecule has 2 fully saturated rings. The molecule has 21 heteroatoms. The summed E-state index contributed by atoms with van der Waals surface area (Å²) in [5.74, 6) is -1.13. The number of ether oxygens (including phenoxy) is 4. The summed E-state index contributed by atoms with van der Waals surface area (Å²) in [4.78, 5) is 81.6. The van der Waals surface area contributed by atoms with E-state index in [1.165, 1.54) is 17.6 Å². The molecule has 2 saturated heterocycles. The molecule has 21 nitrogen and oxygen atoms in total. The molecule has 7 N–H and O–H groups in total. The highest BCUT2D eigenvalue weighted by atomic mass is 16.5. The minimum absolute atomic E-state index is 0. The van der Waals surface area contributed by atoms with Gasteiger partial charge in [-0.05, 0) is 80.5 Å². The molecule has 2 aliphatic heterocycles. The number of fused-ring (bicyclic) bond motifs is 1. The number of hydrogen-bond acceptors (Lipinski definition) is 13. The monoisotopic (exact) mass is 1060 g/mol. The van der Waals surface area contributed by atoms with Gasteiger partial charge in [0.05, 0.1) is 70.8 Å². The summed E-state index contributed by atoms with van der Waals surface area (Å²) >= 11 is 0. The Morgan fingerprint density at radius 1 is 0.870 bits per heavy atom. The summed E-state index contributed by atoms with van der Waals surface area (Å²) in [5.41, 5.74) is 10.6. The van der Waals surface area contributed by atoms with Crippen molar-refractivity contribution in [2.45, 2.75) is 84.7 Å². The second-order valence-corrected chi connectivity index (χ2v) is 20.1. The molecule has 4 heterocycles. The van der Waals surface area contributed by atoms with E-state index in [1.54, 1.807) is 6.92 Å². The third-order valence-electron chi connectivity index (χ3n) is 14.0. The van der Waals surface area contributed by atoms with Crippen molar-refractivity contribution in [3.63, 3.8) is 0 Å². The van der Waals surface area contributed by atoms with Crippen LogP contribution in [-0.2, 0) is 44.7 Å². The molecule has 5 aromatic rings. The Morgan fingerprint density at radius 3 is 2.30 bits per heavy atom. The van der Waals surface area contributed by atoms with Crippen molar-refractivity contribution in [2.75, 3.05) is 84.3 Å². The summed E-state index contributed by atoms with van der Waals surface area (Å²) in [6, 6.07) is 20.4. The second kappa shape index (κ2) is 29.4. The first kappa shape index (κ1) is 59.2. The molecule has 0 saturated carbocycles. The number of Topliss-reactive ketones (excluding diaryl/α,β-unsaturated/α-hetero) is 1. The largest absolute Gasteiger partial charge is 0.488 e. The van der Waals surface area contributed by atoms with E-state index in [9.17, 15) is 28.8 Å². The zero-order valence-corrected chi connectivity index (χ0v) is 45.0. The van der Waals surface area contributed by atoms with E-state index in [2.05, 4.69) is 47.4 Å². The van der Waals surface area contributed by atoms with Gasteiger partial charge in [0.1, 0.15) is 37.5 Å². The maximum absolute atomic E-state index is 13.9. The average molecular weight is 1060 g/mol. The number of nitrogens with zero attached hydrogens (tertiary/aromatic N) is 5. The smallest absolute Gasteiger partial charge is 0.312 e. The predicted molar refractivity (Wildman–Crippen MR) is 291 cm³/mol. The Morgan fingerprint density at radius 2 is 1.61 bits per heavy atom. The number of nitrogens with one attached hydrogen (secondary N) is 5. The maximum Gasteiger partial charge on any atom is 0.312 e. The molecule has 2 aliphatic rings. The van der Waals surface area contributed by atoms with Crippen molar-refractivity contribution in [1.29, 1.82) is 0 Å². The van der Waals surface area contributed by atoms with E-state index < -0.39 is 18.0 Å². The first-order valence-electron chi connectivity index (χ1n) is 26.5. The Labute approximate surface area is 450 Å². The van der Waals surface area contributed by atoms with E-state index >= 15 is 0 Å². The van der Waals surface area contributed by atoms with Crippen molar-refractivity contribution in [3.05, 3.63) is 86.0 Å². The third kappa shape index (κ3) is 17.5. The number of nitrogens with two attached hydrogens (primary N) is 1. The van der Waals surface area contributed by atoms with Gasteiger partial charge >= 0.3 is 6.03 Å². The van der Waals surface area contributed by atoms with Crippen LogP contribution in [0.25, 0.3) is 33.5 Å². The lowest BCUT2D eigenvalue weighted by molar-refractivity contribution is -0.945. The number of carbonyl (C=O) groups is 6. The van der Waals surface area contributed by atoms with E-state index in [-0.39, 0.29) is 114 Å². The number of primary amides is 1. The number of imide groups is 1. The fourth-order valence-corrected chi connectivity index (χ4v) is 9.85. The van der Waals surface area contributed by atoms with Gasteiger partial charge in [0.2, 0.25) is 23.6 Å². The molecule has 1 unspecified atom stereocenters. The number of benzene rings is 3. The van der Waals surface area contributed by atoms with Crippen LogP contribution in [0.3, 0.4) is 0 Å². The van der Waals surface area contributed by atoms with Crippen LogP contribution in [0.15, 0.2) is 73.1 Å². The lowest BCUT2D eigenvalue weighted by Gasteiger charge is -2.41. The number of anilines is 1. The number of ketones is 1. The number of H-pyrrole nitrogens is 2. The molecule has 6 amide bonds. The normalized spacial score (nSPS) is 16.0. The minimum Gasteiger partial charge on any atom is -0.488 e. The molecule has 0 bridgehead atoms. The van der Waals surface area contributed by atoms with E-state index in [0.717, 1.165) is 82.5 Å².